The summed E-state index contributed by atoms with van der Waals surface area (Å²) in [4.78, 5) is 16.0. The summed E-state index contributed by atoms with van der Waals surface area (Å²) >= 11 is 6.24. The number of nitrogens with zero attached hydrogens (tertiary/aromatic N) is 3. The molecule has 1 aromatic carbocycles. The van der Waals surface area contributed by atoms with Crippen molar-refractivity contribution in [3.05, 3.63) is 41.0 Å². The second-order valence-electron chi connectivity index (χ2n) is 4.40. The van der Waals surface area contributed by atoms with Crippen LogP contribution in [0.25, 0.3) is 16.8 Å². The Balaban J connectivity index is 2.32. The van der Waals surface area contributed by atoms with Gasteiger partial charge in [-0.05, 0) is 6.07 Å². The van der Waals surface area contributed by atoms with Crippen molar-refractivity contribution in [2.75, 3.05) is 12.8 Å². The highest BCUT2D eigenvalue weighted by Gasteiger charge is 2.23. The molecule has 2 heterocycles. The van der Waals surface area contributed by atoms with Gasteiger partial charge in [0, 0.05) is 12.3 Å². The number of nitriles is 1. The van der Waals surface area contributed by atoms with E-state index in [0.717, 1.165) is 0 Å². The third kappa shape index (κ3) is 1.98. The van der Waals surface area contributed by atoms with Crippen molar-refractivity contribution in [3.63, 3.8) is 0 Å². The van der Waals surface area contributed by atoms with Crippen molar-refractivity contribution >= 4 is 34.4 Å². The van der Waals surface area contributed by atoms with E-state index in [1.54, 1.807) is 12.1 Å². The van der Waals surface area contributed by atoms with Crippen molar-refractivity contribution in [1.29, 1.82) is 5.26 Å². The lowest BCUT2D eigenvalue weighted by Gasteiger charge is -2.10. The molecule has 8 heteroatoms. The Kier molecular flexibility index (Phi) is 3.23. The molecule has 0 radical (unpaired) electrons. The van der Waals surface area contributed by atoms with Gasteiger partial charge in [0.1, 0.15) is 11.6 Å². The standard InChI is InChI=1S/C14H9ClN4O3/c1-21-14(20)13-12(17)7(4-16)5-19(13)10-3-11-9(2-8(10)15)18-6-22-11/h2-3,5-6H,17H2,1H3. The van der Waals surface area contributed by atoms with E-state index in [2.05, 4.69) is 4.98 Å². The van der Waals surface area contributed by atoms with Crippen molar-refractivity contribution in [2.24, 2.45) is 0 Å². The summed E-state index contributed by atoms with van der Waals surface area (Å²) in [7, 11) is 1.23. The molecule has 0 amide bonds. The van der Waals surface area contributed by atoms with Crippen LogP contribution in [0.15, 0.2) is 29.1 Å². The van der Waals surface area contributed by atoms with Gasteiger partial charge in [-0.1, -0.05) is 11.6 Å². The van der Waals surface area contributed by atoms with E-state index >= 15 is 0 Å². The third-order valence-corrected chi connectivity index (χ3v) is 3.51. The van der Waals surface area contributed by atoms with Crippen LogP contribution in [-0.2, 0) is 4.74 Å². The van der Waals surface area contributed by atoms with Crippen LogP contribution in [0.5, 0.6) is 0 Å². The Morgan fingerprint density at radius 3 is 3.00 bits per heavy atom. The molecule has 0 aliphatic heterocycles. The molecule has 110 valence electrons. The number of carbonyl (C=O) groups is 1. The Labute approximate surface area is 129 Å². The first-order chi connectivity index (χ1) is 10.6. The number of oxazole rings is 1. The highest BCUT2D eigenvalue weighted by molar-refractivity contribution is 6.33. The SMILES string of the molecule is COC(=O)c1c(N)c(C#N)cn1-c1cc2ocnc2cc1Cl. The maximum atomic E-state index is 12.0. The fourth-order valence-electron chi connectivity index (χ4n) is 2.16. The summed E-state index contributed by atoms with van der Waals surface area (Å²) in [5.41, 5.74) is 7.55. The van der Waals surface area contributed by atoms with Crippen LogP contribution < -0.4 is 5.73 Å². The smallest absolute Gasteiger partial charge is 0.357 e. The van der Waals surface area contributed by atoms with Gasteiger partial charge in [0.2, 0.25) is 0 Å². The molecule has 0 unspecified atom stereocenters. The zero-order valence-electron chi connectivity index (χ0n) is 11.3. The van der Waals surface area contributed by atoms with E-state index in [9.17, 15) is 4.79 Å². The Morgan fingerprint density at radius 1 is 1.55 bits per heavy atom. The van der Waals surface area contributed by atoms with Crippen molar-refractivity contribution in [1.82, 2.24) is 9.55 Å². The van der Waals surface area contributed by atoms with Gasteiger partial charge in [0.25, 0.3) is 0 Å². The van der Waals surface area contributed by atoms with Crippen molar-refractivity contribution < 1.29 is 13.9 Å². The number of hydrogen-bond donors (Lipinski definition) is 1. The number of hydrogen-bond acceptors (Lipinski definition) is 6. The number of aromatic nitrogens is 2. The van der Waals surface area contributed by atoms with E-state index in [0.29, 0.717) is 21.8 Å². The first-order valence-corrected chi connectivity index (χ1v) is 6.47. The first-order valence-electron chi connectivity index (χ1n) is 6.09. The van der Waals surface area contributed by atoms with Gasteiger partial charge < -0.3 is 19.5 Å². The van der Waals surface area contributed by atoms with Crippen LogP contribution in [0.2, 0.25) is 5.02 Å². The fourth-order valence-corrected chi connectivity index (χ4v) is 2.41. The van der Waals surface area contributed by atoms with Crippen LogP contribution in [-0.4, -0.2) is 22.6 Å². The number of fused-ring (bicyclic) bond motifs is 1. The molecule has 0 aliphatic rings. The number of methoxy groups -OCH3 is 1. The lowest BCUT2D eigenvalue weighted by molar-refractivity contribution is 0.0593. The molecular weight excluding hydrogens is 308 g/mol. The summed E-state index contributed by atoms with van der Waals surface area (Å²) in [5.74, 6) is -0.673. The monoisotopic (exact) mass is 316 g/mol. The number of nitrogen functional groups attached to an aromatic ring is 1. The normalized spacial score (nSPS) is 10.6. The summed E-state index contributed by atoms with van der Waals surface area (Å²) in [5, 5.41) is 9.43. The molecule has 3 aromatic rings. The van der Waals surface area contributed by atoms with Crippen LogP contribution >= 0.6 is 11.6 Å². The number of halogens is 1. The molecule has 2 N–H and O–H groups in total. The van der Waals surface area contributed by atoms with E-state index in [1.807, 2.05) is 6.07 Å². The average Bonchev–Trinajstić information content (AvgIpc) is 3.09. The molecular formula is C14H9ClN4O3. The highest BCUT2D eigenvalue weighted by Crippen LogP contribution is 2.31. The molecule has 0 atom stereocenters. The highest BCUT2D eigenvalue weighted by atomic mass is 35.5. The van der Waals surface area contributed by atoms with Gasteiger partial charge >= 0.3 is 5.97 Å². The topological polar surface area (TPSA) is 107 Å². The zero-order valence-corrected chi connectivity index (χ0v) is 12.1. The lowest BCUT2D eigenvalue weighted by atomic mass is 10.2. The van der Waals surface area contributed by atoms with Crippen molar-refractivity contribution in [2.45, 2.75) is 0 Å². The minimum absolute atomic E-state index is 0.0276. The molecule has 0 bridgehead atoms. The summed E-state index contributed by atoms with van der Waals surface area (Å²) in [6.45, 7) is 0. The van der Waals surface area contributed by atoms with E-state index < -0.39 is 5.97 Å². The van der Waals surface area contributed by atoms with Crippen LogP contribution in [0.3, 0.4) is 0 Å². The van der Waals surface area contributed by atoms with Gasteiger partial charge in [-0.2, -0.15) is 5.26 Å². The Morgan fingerprint density at radius 2 is 2.32 bits per heavy atom. The molecule has 0 fully saturated rings. The molecule has 7 nitrogen and oxygen atoms in total. The molecule has 0 saturated heterocycles. The maximum Gasteiger partial charge on any atom is 0.357 e. The second kappa shape index (κ2) is 5.09. The first kappa shape index (κ1) is 14.0. The minimum atomic E-state index is -0.673. The Hall–Kier alpha value is -2.98. The predicted molar refractivity (Wildman–Crippen MR) is 78.8 cm³/mol. The second-order valence-corrected chi connectivity index (χ2v) is 4.81. The molecule has 0 spiro atoms. The Bertz CT molecular complexity index is 936. The molecule has 2 aromatic heterocycles. The zero-order chi connectivity index (χ0) is 15.9. The number of anilines is 1. The fraction of sp³-hybridized carbons (Fsp3) is 0.0714. The number of carbonyl (C=O) groups excluding carboxylic acids is 1. The quantitative estimate of drug-likeness (QED) is 0.728. The van der Waals surface area contributed by atoms with Crippen LogP contribution in [0.1, 0.15) is 16.1 Å². The van der Waals surface area contributed by atoms with E-state index in [4.69, 9.17) is 31.8 Å². The lowest BCUT2D eigenvalue weighted by Crippen LogP contribution is -2.11. The van der Waals surface area contributed by atoms with Crippen LogP contribution in [0.4, 0.5) is 5.69 Å². The minimum Gasteiger partial charge on any atom is -0.464 e. The average molecular weight is 317 g/mol. The number of esters is 1. The maximum absolute atomic E-state index is 12.0. The van der Waals surface area contributed by atoms with Gasteiger partial charge in [-0.15, -0.1) is 0 Å². The van der Waals surface area contributed by atoms with Gasteiger partial charge in [0.05, 0.1) is 29.1 Å². The number of ether oxygens (including phenoxy) is 1. The number of nitrogens with two attached hydrogens (primary N) is 1. The largest absolute Gasteiger partial charge is 0.464 e. The molecule has 0 aliphatic carbocycles. The van der Waals surface area contributed by atoms with Gasteiger partial charge in [0.15, 0.2) is 17.7 Å². The molecule has 3 rings (SSSR count). The third-order valence-electron chi connectivity index (χ3n) is 3.20. The van der Waals surface area contributed by atoms with E-state index in [-0.39, 0.29) is 16.9 Å². The van der Waals surface area contributed by atoms with Gasteiger partial charge in [-0.25, -0.2) is 9.78 Å². The number of benzene rings is 1. The number of rotatable bonds is 2. The predicted octanol–water partition coefficient (Wildman–Crippen LogP) is 2.51. The van der Waals surface area contributed by atoms with E-state index in [1.165, 1.54) is 24.3 Å². The van der Waals surface area contributed by atoms with Gasteiger partial charge in [-0.3, -0.25) is 0 Å². The molecule has 22 heavy (non-hydrogen) atoms. The van der Waals surface area contributed by atoms with Crippen molar-refractivity contribution in [3.8, 4) is 11.8 Å². The summed E-state index contributed by atoms with van der Waals surface area (Å²) < 4.78 is 11.4. The van der Waals surface area contributed by atoms with Crippen LogP contribution in [0, 0.1) is 11.3 Å². The molecule has 0 saturated carbocycles. The summed E-state index contributed by atoms with van der Waals surface area (Å²) in [6, 6.07) is 5.13. The summed E-state index contributed by atoms with van der Waals surface area (Å²) in [6.07, 6.45) is 2.71.